The van der Waals surface area contributed by atoms with Gasteiger partial charge >= 0.3 is 6.03 Å². The van der Waals surface area contributed by atoms with Crippen molar-refractivity contribution in [2.75, 3.05) is 0 Å². The van der Waals surface area contributed by atoms with Crippen molar-refractivity contribution in [1.29, 1.82) is 0 Å². The SMILES string of the molecule is CC(C)[C@H](NC(N)=O)C(=O)NCc1cn(-c2ccccc2)nc1-c1ccc(F)cc1. The van der Waals surface area contributed by atoms with E-state index in [9.17, 15) is 14.0 Å². The zero-order chi connectivity index (χ0) is 21.7. The molecule has 0 aliphatic carbocycles. The molecular formula is C22H24FN5O2. The van der Waals surface area contributed by atoms with Gasteiger partial charge in [0.1, 0.15) is 11.9 Å². The Kier molecular flexibility index (Phi) is 6.46. The number of carbonyl (C=O) groups excluding carboxylic acids is 2. The van der Waals surface area contributed by atoms with E-state index in [2.05, 4.69) is 15.7 Å². The van der Waals surface area contributed by atoms with E-state index in [1.54, 1.807) is 16.8 Å². The van der Waals surface area contributed by atoms with Crippen molar-refractivity contribution < 1.29 is 14.0 Å². The van der Waals surface area contributed by atoms with E-state index in [1.807, 2.05) is 50.4 Å². The minimum absolute atomic E-state index is 0.138. The van der Waals surface area contributed by atoms with Crippen LogP contribution in [0.4, 0.5) is 9.18 Å². The van der Waals surface area contributed by atoms with Crippen molar-refractivity contribution >= 4 is 11.9 Å². The molecule has 0 saturated carbocycles. The molecule has 1 aromatic heterocycles. The Morgan fingerprint density at radius 1 is 1.10 bits per heavy atom. The lowest BCUT2D eigenvalue weighted by Crippen LogP contribution is -2.51. The molecule has 1 atom stereocenters. The van der Waals surface area contributed by atoms with Gasteiger partial charge in [-0.05, 0) is 42.3 Å². The summed E-state index contributed by atoms with van der Waals surface area (Å²) in [6.45, 7) is 3.82. The Bertz CT molecular complexity index is 1020. The molecule has 3 aromatic rings. The van der Waals surface area contributed by atoms with E-state index in [0.29, 0.717) is 5.69 Å². The number of para-hydroxylation sites is 1. The first-order valence-electron chi connectivity index (χ1n) is 9.58. The minimum Gasteiger partial charge on any atom is -0.352 e. The lowest BCUT2D eigenvalue weighted by atomic mass is 10.0. The van der Waals surface area contributed by atoms with Crippen LogP contribution in [-0.2, 0) is 11.3 Å². The van der Waals surface area contributed by atoms with Crippen LogP contribution >= 0.6 is 0 Å². The second kappa shape index (κ2) is 9.21. The maximum Gasteiger partial charge on any atom is 0.312 e. The van der Waals surface area contributed by atoms with E-state index in [1.165, 1.54) is 12.1 Å². The summed E-state index contributed by atoms with van der Waals surface area (Å²) in [6.07, 6.45) is 1.82. The number of hydrogen-bond donors (Lipinski definition) is 3. The summed E-state index contributed by atoms with van der Waals surface area (Å²) in [7, 11) is 0. The van der Waals surface area contributed by atoms with Gasteiger partial charge in [-0.3, -0.25) is 4.79 Å². The van der Waals surface area contributed by atoms with Gasteiger partial charge in [-0.1, -0.05) is 32.0 Å². The Labute approximate surface area is 174 Å². The summed E-state index contributed by atoms with van der Waals surface area (Å²) < 4.78 is 15.1. The summed E-state index contributed by atoms with van der Waals surface area (Å²) in [6, 6.07) is 14.0. The minimum atomic E-state index is -0.757. The van der Waals surface area contributed by atoms with Gasteiger partial charge in [-0.25, -0.2) is 13.9 Å². The van der Waals surface area contributed by atoms with Crippen LogP contribution in [0.1, 0.15) is 19.4 Å². The van der Waals surface area contributed by atoms with Gasteiger partial charge in [0.2, 0.25) is 5.91 Å². The molecule has 0 bridgehead atoms. The van der Waals surface area contributed by atoms with Crippen molar-refractivity contribution in [3.63, 3.8) is 0 Å². The van der Waals surface area contributed by atoms with Crippen LogP contribution in [-0.4, -0.2) is 27.8 Å². The van der Waals surface area contributed by atoms with Gasteiger partial charge in [0.25, 0.3) is 0 Å². The van der Waals surface area contributed by atoms with Crippen LogP contribution in [0.15, 0.2) is 60.8 Å². The first kappa shape index (κ1) is 21.0. The second-order valence-corrected chi connectivity index (χ2v) is 7.24. The van der Waals surface area contributed by atoms with Crippen LogP contribution in [0.3, 0.4) is 0 Å². The van der Waals surface area contributed by atoms with Crippen molar-refractivity contribution in [3.05, 3.63) is 72.2 Å². The molecule has 0 saturated heterocycles. The highest BCUT2D eigenvalue weighted by molar-refractivity contribution is 5.86. The smallest absolute Gasteiger partial charge is 0.312 e. The number of carbonyl (C=O) groups is 2. The molecule has 8 heteroatoms. The Hall–Kier alpha value is -3.68. The number of amides is 3. The fourth-order valence-corrected chi connectivity index (χ4v) is 3.08. The molecule has 0 radical (unpaired) electrons. The van der Waals surface area contributed by atoms with E-state index < -0.39 is 12.1 Å². The average Bonchev–Trinajstić information content (AvgIpc) is 3.15. The third kappa shape index (κ3) is 5.02. The molecule has 0 aliphatic heterocycles. The van der Waals surface area contributed by atoms with Gasteiger partial charge in [-0.2, -0.15) is 5.10 Å². The highest BCUT2D eigenvalue weighted by atomic mass is 19.1. The largest absolute Gasteiger partial charge is 0.352 e. The van der Waals surface area contributed by atoms with Crippen LogP contribution in [0.25, 0.3) is 16.9 Å². The maximum absolute atomic E-state index is 13.4. The molecule has 0 aliphatic rings. The second-order valence-electron chi connectivity index (χ2n) is 7.24. The van der Waals surface area contributed by atoms with E-state index in [-0.39, 0.29) is 24.2 Å². The first-order valence-corrected chi connectivity index (χ1v) is 9.58. The zero-order valence-corrected chi connectivity index (χ0v) is 16.8. The molecule has 4 N–H and O–H groups in total. The standard InChI is InChI=1S/C22H24FN5O2/c1-14(2)19(26-22(24)30)21(29)25-12-16-13-28(18-6-4-3-5-7-18)27-20(16)15-8-10-17(23)11-9-15/h3-11,13-14,19H,12H2,1-2H3,(H,25,29)(H3,24,26,30)/t19-/m0/s1. The van der Waals surface area contributed by atoms with Crippen molar-refractivity contribution in [2.24, 2.45) is 11.7 Å². The fourth-order valence-electron chi connectivity index (χ4n) is 3.08. The van der Waals surface area contributed by atoms with Gasteiger partial charge in [0.15, 0.2) is 0 Å². The molecule has 3 rings (SSSR count). The highest BCUT2D eigenvalue weighted by Gasteiger charge is 2.23. The first-order chi connectivity index (χ1) is 14.3. The number of nitrogens with one attached hydrogen (secondary N) is 2. The molecule has 0 unspecified atom stereocenters. The van der Waals surface area contributed by atoms with Gasteiger partial charge < -0.3 is 16.4 Å². The van der Waals surface area contributed by atoms with Crippen LogP contribution in [0, 0.1) is 11.7 Å². The molecule has 156 valence electrons. The Balaban J connectivity index is 1.88. The maximum atomic E-state index is 13.4. The highest BCUT2D eigenvalue weighted by Crippen LogP contribution is 2.24. The summed E-state index contributed by atoms with van der Waals surface area (Å²) in [4.78, 5) is 23.8. The normalized spacial score (nSPS) is 11.9. The summed E-state index contributed by atoms with van der Waals surface area (Å²) in [5.41, 5.74) is 8.14. The molecule has 3 amide bonds. The third-order valence-electron chi connectivity index (χ3n) is 4.63. The fraction of sp³-hybridized carbons (Fsp3) is 0.227. The van der Waals surface area contributed by atoms with Crippen molar-refractivity contribution in [2.45, 2.75) is 26.4 Å². The molecule has 7 nitrogen and oxygen atoms in total. The monoisotopic (exact) mass is 409 g/mol. The predicted molar refractivity (Wildman–Crippen MR) is 112 cm³/mol. The summed E-state index contributed by atoms with van der Waals surface area (Å²) in [5.74, 6) is -0.823. The Morgan fingerprint density at radius 2 is 1.77 bits per heavy atom. The number of benzene rings is 2. The number of hydrogen-bond acceptors (Lipinski definition) is 3. The lowest BCUT2D eigenvalue weighted by molar-refractivity contribution is -0.124. The van der Waals surface area contributed by atoms with Crippen molar-refractivity contribution in [1.82, 2.24) is 20.4 Å². The van der Waals surface area contributed by atoms with Crippen LogP contribution in [0.2, 0.25) is 0 Å². The molecule has 30 heavy (non-hydrogen) atoms. The molecule has 0 fully saturated rings. The van der Waals surface area contributed by atoms with Gasteiger partial charge in [0, 0.05) is 23.9 Å². The number of nitrogens with zero attached hydrogens (tertiary/aromatic N) is 2. The number of urea groups is 1. The van der Waals surface area contributed by atoms with Crippen molar-refractivity contribution in [3.8, 4) is 16.9 Å². The number of aromatic nitrogens is 2. The van der Waals surface area contributed by atoms with Gasteiger partial charge in [-0.15, -0.1) is 0 Å². The quantitative estimate of drug-likeness (QED) is 0.559. The lowest BCUT2D eigenvalue weighted by Gasteiger charge is -2.20. The van der Waals surface area contributed by atoms with E-state index in [0.717, 1.165) is 16.8 Å². The summed E-state index contributed by atoms with van der Waals surface area (Å²) in [5, 5.41) is 9.94. The third-order valence-corrected chi connectivity index (χ3v) is 4.63. The topological polar surface area (TPSA) is 102 Å². The molecule has 1 heterocycles. The number of primary amides is 1. The number of halogens is 1. The zero-order valence-electron chi connectivity index (χ0n) is 16.8. The van der Waals surface area contributed by atoms with Crippen LogP contribution < -0.4 is 16.4 Å². The molecular weight excluding hydrogens is 385 g/mol. The number of nitrogens with two attached hydrogens (primary N) is 1. The summed E-state index contributed by atoms with van der Waals surface area (Å²) >= 11 is 0. The average molecular weight is 409 g/mol. The number of rotatable bonds is 7. The van der Waals surface area contributed by atoms with E-state index >= 15 is 0 Å². The Morgan fingerprint density at radius 3 is 2.37 bits per heavy atom. The van der Waals surface area contributed by atoms with Crippen LogP contribution in [0.5, 0.6) is 0 Å². The molecule has 0 spiro atoms. The molecule has 2 aromatic carbocycles. The predicted octanol–water partition coefficient (Wildman–Crippen LogP) is 2.99. The van der Waals surface area contributed by atoms with E-state index in [4.69, 9.17) is 5.73 Å². The van der Waals surface area contributed by atoms with Gasteiger partial charge in [0.05, 0.1) is 11.4 Å².